The third kappa shape index (κ3) is 9.05. The summed E-state index contributed by atoms with van der Waals surface area (Å²) in [6.07, 6.45) is 3.42. The smallest absolute Gasteiger partial charge is 0.234 e. The van der Waals surface area contributed by atoms with E-state index < -0.39 is 0 Å². The van der Waals surface area contributed by atoms with Crippen LogP contribution >= 0.6 is 24.0 Å². The second kappa shape index (κ2) is 13.5. The van der Waals surface area contributed by atoms with Crippen molar-refractivity contribution in [2.45, 2.75) is 26.8 Å². The lowest BCUT2D eigenvalue weighted by molar-refractivity contribution is -0.123. The van der Waals surface area contributed by atoms with E-state index in [4.69, 9.17) is 4.74 Å². The summed E-state index contributed by atoms with van der Waals surface area (Å²) in [7, 11) is 0. The highest BCUT2D eigenvalue weighted by atomic mass is 127. The molecule has 0 aromatic carbocycles. The third-order valence-corrected chi connectivity index (χ3v) is 4.08. The number of pyridine rings is 1. The Bertz CT molecular complexity index is 591. The van der Waals surface area contributed by atoms with Crippen molar-refractivity contribution >= 4 is 35.8 Å². The molecule has 158 valence electrons. The number of aromatic nitrogens is 1. The maximum absolute atomic E-state index is 11.9. The van der Waals surface area contributed by atoms with Crippen molar-refractivity contribution in [3.8, 4) is 5.75 Å². The molecule has 0 spiro atoms. The molecule has 1 amide bonds. The monoisotopic (exact) mass is 504 g/mol. The van der Waals surface area contributed by atoms with E-state index >= 15 is 0 Å². The lowest BCUT2D eigenvalue weighted by atomic mass is 10.3. The molecule has 1 saturated heterocycles. The lowest BCUT2D eigenvalue weighted by Gasteiger charge is -2.36. The van der Waals surface area contributed by atoms with E-state index in [2.05, 4.69) is 37.3 Å². The summed E-state index contributed by atoms with van der Waals surface area (Å²) in [4.78, 5) is 25.0. The van der Waals surface area contributed by atoms with Gasteiger partial charge in [0.15, 0.2) is 5.96 Å². The number of hydrogen-bond donors (Lipinski definition) is 2. The van der Waals surface area contributed by atoms with Crippen molar-refractivity contribution in [1.29, 1.82) is 0 Å². The summed E-state index contributed by atoms with van der Waals surface area (Å²) in [6, 6.07) is 3.92. The number of piperazine rings is 1. The largest absolute Gasteiger partial charge is 0.490 e. The average Bonchev–Trinajstić information content (AvgIpc) is 2.65. The normalized spacial score (nSPS) is 15.1. The predicted molar refractivity (Wildman–Crippen MR) is 122 cm³/mol. The van der Waals surface area contributed by atoms with Gasteiger partial charge in [0.05, 0.1) is 19.3 Å². The summed E-state index contributed by atoms with van der Waals surface area (Å²) in [6.45, 7) is 11.8. The van der Waals surface area contributed by atoms with Crippen molar-refractivity contribution in [3.05, 3.63) is 24.5 Å². The highest BCUT2D eigenvalue weighted by Crippen LogP contribution is 2.06. The molecule has 1 aliphatic rings. The van der Waals surface area contributed by atoms with Crippen LogP contribution in [0.2, 0.25) is 0 Å². The minimum atomic E-state index is 0. The fraction of sp³-hybridized carbons (Fsp3) is 0.632. The Labute approximate surface area is 185 Å². The van der Waals surface area contributed by atoms with Crippen LogP contribution in [0, 0.1) is 0 Å². The summed E-state index contributed by atoms with van der Waals surface area (Å²) in [5.41, 5.74) is 0. The van der Waals surface area contributed by atoms with Crippen LogP contribution in [-0.4, -0.2) is 85.1 Å². The molecule has 0 saturated carbocycles. The van der Waals surface area contributed by atoms with Crippen LogP contribution in [0.25, 0.3) is 0 Å². The molecule has 2 heterocycles. The molecule has 1 aliphatic heterocycles. The van der Waals surface area contributed by atoms with Gasteiger partial charge in [0.1, 0.15) is 12.4 Å². The zero-order valence-corrected chi connectivity index (χ0v) is 19.4. The van der Waals surface area contributed by atoms with Crippen LogP contribution in [0.4, 0.5) is 0 Å². The van der Waals surface area contributed by atoms with Crippen LogP contribution in [0.5, 0.6) is 5.75 Å². The van der Waals surface area contributed by atoms with E-state index in [9.17, 15) is 4.79 Å². The topological polar surface area (TPSA) is 82.1 Å². The molecule has 2 rings (SSSR count). The first kappa shape index (κ1) is 24.4. The van der Waals surface area contributed by atoms with Crippen molar-refractivity contribution in [1.82, 2.24) is 25.4 Å². The molecule has 9 heteroatoms. The van der Waals surface area contributed by atoms with Crippen molar-refractivity contribution in [2.24, 2.45) is 4.99 Å². The minimum absolute atomic E-state index is 0. The Balaban J connectivity index is 0.00000392. The molecule has 28 heavy (non-hydrogen) atoms. The van der Waals surface area contributed by atoms with E-state index in [0.717, 1.165) is 44.4 Å². The number of nitrogens with one attached hydrogen (secondary N) is 2. The number of amides is 1. The van der Waals surface area contributed by atoms with Gasteiger partial charge in [-0.15, -0.1) is 24.0 Å². The van der Waals surface area contributed by atoms with Crippen LogP contribution in [0.3, 0.4) is 0 Å². The van der Waals surface area contributed by atoms with Gasteiger partial charge in [0.25, 0.3) is 0 Å². The Kier molecular flexibility index (Phi) is 11.8. The van der Waals surface area contributed by atoms with Gasteiger partial charge in [-0.05, 0) is 32.9 Å². The molecule has 0 atom stereocenters. The van der Waals surface area contributed by atoms with Gasteiger partial charge in [-0.3, -0.25) is 14.7 Å². The molecule has 0 aliphatic carbocycles. The second-order valence-electron chi connectivity index (χ2n) is 6.76. The van der Waals surface area contributed by atoms with E-state index in [1.165, 1.54) is 0 Å². The molecule has 1 fully saturated rings. The molecular weight excluding hydrogens is 471 g/mol. The number of halogens is 1. The van der Waals surface area contributed by atoms with Gasteiger partial charge in [-0.25, -0.2) is 4.99 Å². The molecule has 0 bridgehead atoms. The maximum atomic E-state index is 11.9. The fourth-order valence-corrected chi connectivity index (χ4v) is 2.86. The highest BCUT2D eigenvalue weighted by molar-refractivity contribution is 14.0. The van der Waals surface area contributed by atoms with Crippen molar-refractivity contribution < 1.29 is 9.53 Å². The first-order valence-electron chi connectivity index (χ1n) is 9.66. The molecule has 8 nitrogen and oxygen atoms in total. The van der Waals surface area contributed by atoms with Crippen LogP contribution in [0.15, 0.2) is 29.5 Å². The SMILES string of the molecule is CCNC(=NCCOc1cccnc1)N1CCN(CC(=O)NC(C)C)CC1.I. The number of aliphatic imine (C=N–C) groups is 1. The van der Waals surface area contributed by atoms with Crippen LogP contribution in [0.1, 0.15) is 20.8 Å². The predicted octanol–water partition coefficient (Wildman–Crippen LogP) is 1.19. The minimum Gasteiger partial charge on any atom is -0.490 e. The highest BCUT2D eigenvalue weighted by Gasteiger charge is 2.21. The maximum Gasteiger partial charge on any atom is 0.234 e. The molecular formula is C19H33IN6O2. The van der Waals surface area contributed by atoms with Crippen molar-refractivity contribution in [2.75, 3.05) is 52.4 Å². The van der Waals surface area contributed by atoms with Gasteiger partial charge < -0.3 is 20.3 Å². The number of carbonyl (C=O) groups excluding carboxylic acids is 1. The van der Waals surface area contributed by atoms with Gasteiger partial charge in [-0.2, -0.15) is 0 Å². The van der Waals surface area contributed by atoms with E-state index in [1.807, 2.05) is 26.0 Å². The third-order valence-electron chi connectivity index (χ3n) is 4.08. The average molecular weight is 504 g/mol. The Morgan fingerprint density at radius 2 is 2.07 bits per heavy atom. The Morgan fingerprint density at radius 3 is 2.68 bits per heavy atom. The number of guanidine groups is 1. The summed E-state index contributed by atoms with van der Waals surface area (Å²) in [5, 5.41) is 6.29. The number of carbonyl (C=O) groups is 1. The quantitative estimate of drug-likeness (QED) is 0.240. The second-order valence-corrected chi connectivity index (χ2v) is 6.76. The van der Waals surface area contributed by atoms with Gasteiger partial charge in [-0.1, -0.05) is 0 Å². The summed E-state index contributed by atoms with van der Waals surface area (Å²) < 4.78 is 5.65. The number of hydrogen-bond acceptors (Lipinski definition) is 5. The van der Waals surface area contributed by atoms with E-state index in [1.54, 1.807) is 12.4 Å². The number of rotatable bonds is 8. The van der Waals surface area contributed by atoms with Gasteiger partial charge in [0.2, 0.25) is 5.91 Å². The first-order valence-corrected chi connectivity index (χ1v) is 9.66. The van der Waals surface area contributed by atoms with Crippen molar-refractivity contribution in [3.63, 3.8) is 0 Å². The molecule has 2 N–H and O–H groups in total. The van der Waals surface area contributed by atoms with E-state index in [-0.39, 0.29) is 35.9 Å². The molecule has 1 aromatic rings. The number of ether oxygens (including phenoxy) is 1. The lowest BCUT2D eigenvalue weighted by Crippen LogP contribution is -2.54. The van der Waals surface area contributed by atoms with Crippen LogP contribution in [-0.2, 0) is 4.79 Å². The standard InChI is InChI=1S/C19H32N6O2.HI/c1-4-21-19(22-8-13-27-17-6-5-7-20-14-17)25-11-9-24(10-12-25)15-18(26)23-16(2)3;/h5-7,14,16H,4,8-13,15H2,1-3H3,(H,21,22)(H,23,26);1H. The Hall–Kier alpha value is -1.62. The molecule has 1 aromatic heterocycles. The Morgan fingerprint density at radius 1 is 1.32 bits per heavy atom. The van der Waals surface area contributed by atoms with Crippen LogP contribution < -0.4 is 15.4 Å². The first-order chi connectivity index (χ1) is 13.1. The van der Waals surface area contributed by atoms with E-state index in [0.29, 0.717) is 19.7 Å². The summed E-state index contributed by atoms with van der Waals surface area (Å²) >= 11 is 0. The molecule has 0 radical (unpaired) electrons. The fourth-order valence-electron chi connectivity index (χ4n) is 2.86. The van der Waals surface area contributed by atoms with Gasteiger partial charge in [0, 0.05) is 45.0 Å². The molecule has 0 unspecified atom stereocenters. The zero-order valence-electron chi connectivity index (χ0n) is 17.1. The zero-order chi connectivity index (χ0) is 19.5. The number of nitrogens with zero attached hydrogens (tertiary/aromatic N) is 4. The summed E-state index contributed by atoms with van der Waals surface area (Å²) in [5.74, 6) is 1.75. The van der Waals surface area contributed by atoms with Gasteiger partial charge >= 0.3 is 0 Å².